The van der Waals surface area contributed by atoms with Gasteiger partial charge in [-0.3, -0.25) is 5.43 Å². The van der Waals surface area contributed by atoms with E-state index in [9.17, 15) is 4.79 Å². The van der Waals surface area contributed by atoms with E-state index in [1.54, 1.807) is 38.6 Å². The standard InChI is InChI=1S/C16H16N2O4/c1-21-14-8-5-12(15(9-14)22-2)10-17-18-13-6-3-11(4-7-13)16(19)20/h3-10,18H,1-2H3,(H,19,20)/b17-10+. The van der Waals surface area contributed by atoms with Crippen LogP contribution in [0, 0.1) is 0 Å². The lowest BCUT2D eigenvalue weighted by atomic mass is 10.2. The zero-order chi connectivity index (χ0) is 15.9. The highest BCUT2D eigenvalue weighted by atomic mass is 16.5. The highest BCUT2D eigenvalue weighted by Gasteiger charge is 2.03. The molecule has 2 N–H and O–H groups in total. The highest BCUT2D eigenvalue weighted by Crippen LogP contribution is 2.23. The molecule has 114 valence electrons. The number of benzene rings is 2. The van der Waals surface area contributed by atoms with Crippen molar-refractivity contribution in [2.24, 2.45) is 5.10 Å². The van der Waals surface area contributed by atoms with Gasteiger partial charge in [-0.15, -0.1) is 0 Å². The normalized spacial score (nSPS) is 10.5. The van der Waals surface area contributed by atoms with Crippen LogP contribution >= 0.6 is 0 Å². The van der Waals surface area contributed by atoms with Gasteiger partial charge < -0.3 is 14.6 Å². The van der Waals surface area contributed by atoms with Crippen molar-refractivity contribution in [2.75, 3.05) is 19.6 Å². The minimum Gasteiger partial charge on any atom is -0.497 e. The van der Waals surface area contributed by atoms with Crippen molar-refractivity contribution in [3.63, 3.8) is 0 Å². The maximum atomic E-state index is 10.8. The molecule has 0 unspecified atom stereocenters. The molecule has 0 bridgehead atoms. The largest absolute Gasteiger partial charge is 0.497 e. The van der Waals surface area contributed by atoms with Gasteiger partial charge in [0.1, 0.15) is 11.5 Å². The summed E-state index contributed by atoms with van der Waals surface area (Å²) in [7, 11) is 3.16. The van der Waals surface area contributed by atoms with Crippen molar-refractivity contribution >= 4 is 17.9 Å². The number of rotatable bonds is 6. The number of nitrogens with one attached hydrogen (secondary N) is 1. The fraction of sp³-hybridized carbons (Fsp3) is 0.125. The van der Waals surface area contributed by atoms with E-state index in [1.165, 1.54) is 12.1 Å². The van der Waals surface area contributed by atoms with Crippen LogP contribution in [0.2, 0.25) is 0 Å². The molecule has 6 nitrogen and oxygen atoms in total. The van der Waals surface area contributed by atoms with Gasteiger partial charge in [0, 0.05) is 11.6 Å². The molecule has 2 aromatic rings. The third-order valence-electron chi connectivity index (χ3n) is 2.97. The van der Waals surface area contributed by atoms with Crippen molar-refractivity contribution < 1.29 is 19.4 Å². The average molecular weight is 300 g/mol. The molecule has 22 heavy (non-hydrogen) atoms. The first-order valence-corrected chi connectivity index (χ1v) is 6.48. The fourth-order valence-electron chi connectivity index (χ4n) is 1.79. The van der Waals surface area contributed by atoms with Crippen LogP contribution in [0.15, 0.2) is 47.6 Å². The van der Waals surface area contributed by atoms with Gasteiger partial charge in [-0.25, -0.2) is 4.79 Å². The monoisotopic (exact) mass is 300 g/mol. The lowest BCUT2D eigenvalue weighted by Crippen LogP contribution is -1.97. The first kappa shape index (κ1) is 15.4. The molecule has 0 fully saturated rings. The highest BCUT2D eigenvalue weighted by molar-refractivity contribution is 5.88. The number of methoxy groups -OCH3 is 2. The molecule has 0 spiro atoms. The molecular weight excluding hydrogens is 284 g/mol. The lowest BCUT2D eigenvalue weighted by molar-refractivity contribution is 0.0697. The lowest BCUT2D eigenvalue weighted by Gasteiger charge is -2.07. The number of carbonyl (C=O) groups is 1. The van der Waals surface area contributed by atoms with E-state index in [1.807, 2.05) is 12.1 Å². The van der Waals surface area contributed by atoms with Crippen LogP contribution < -0.4 is 14.9 Å². The summed E-state index contributed by atoms with van der Waals surface area (Å²) in [6.07, 6.45) is 1.61. The maximum absolute atomic E-state index is 10.8. The Kier molecular flexibility index (Phi) is 4.98. The number of aromatic carboxylic acids is 1. The number of carboxylic acids is 1. The Hall–Kier alpha value is -3.02. The Morgan fingerprint density at radius 2 is 1.86 bits per heavy atom. The summed E-state index contributed by atoms with van der Waals surface area (Å²) in [5.74, 6) is 0.385. The second kappa shape index (κ2) is 7.12. The van der Waals surface area contributed by atoms with Gasteiger partial charge in [0.25, 0.3) is 0 Å². The van der Waals surface area contributed by atoms with E-state index in [-0.39, 0.29) is 5.56 Å². The van der Waals surface area contributed by atoms with E-state index in [0.717, 1.165) is 5.56 Å². The molecule has 0 atom stereocenters. The van der Waals surface area contributed by atoms with Crippen LogP contribution in [0.3, 0.4) is 0 Å². The molecular formula is C16H16N2O4. The number of nitrogens with zero attached hydrogens (tertiary/aromatic N) is 1. The van der Waals surface area contributed by atoms with E-state index >= 15 is 0 Å². The van der Waals surface area contributed by atoms with Crippen molar-refractivity contribution in [3.05, 3.63) is 53.6 Å². The van der Waals surface area contributed by atoms with Crippen LogP contribution in [0.1, 0.15) is 15.9 Å². The molecule has 2 rings (SSSR count). The minimum absolute atomic E-state index is 0.228. The smallest absolute Gasteiger partial charge is 0.335 e. The Balaban J connectivity index is 2.07. The van der Waals surface area contributed by atoms with Crippen LogP contribution in [0.5, 0.6) is 11.5 Å². The number of hydrogen-bond donors (Lipinski definition) is 2. The molecule has 0 aromatic heterocycles. The molecule has 2 aromatic carbocycles. The van der Waals surface area contributed by atoms with E-state index in [0.29, 0.717) is 17.2 Å². The molecule has 0 heterocycles. The summed E-state index contributed by atoms with van der Waals surface area (Å²) in [6, 6.07) is 11.7. The summed E-state index contributed by atoms with van der Waals surface area (Å²) in [5, 5.41) is 12.9. The second-order valence-electron chi connectivity index (χ2n) is 4.36. The molecule has 0 saturated carbocycles. The van der Waals surface area contributed by atoms with Gasteiger partial charge >= 0.3 is 5.97 Å². The Morgan fingerprint density at radius 3 is 2.45 bits per heavy atom. The zero-order valence-electron chi connectivity index (χ0n) is 12.2. The Bertz CT molecular complexity index is 681. The number of hydrazone groups is 1. The quantitative estimate of drug-likeness (QED) is 0.633. The van der Waals surface area contributed by atoms with Crippen LogP contribution in [-0.2, 0) is 0 Å². The van der Waals surface area contributed by atoms with Gasteiger partial charge in [0.15, 0.2) is 0 Å². The summed E-state index contributed by atoms with van der Waals surface area (Å²) in [4.78, 5) is 10.8. The molecule has 0 radical (unpaired) electrons. The van der Waals surface area contributed by atoms with Gasteiger partial charge in [-0.1, -0.05) is 0 Å². The molecule has 0 aliphatic heterocycles. The predicted octanol–water partition coefficient (Wildman–Crippen LogP) is 2.85. The molecule has 6 heteroatoms. The van der Waals surface area contributed by atoms with Crippen molar-refractivity contribution in [2.45, 2.75) is 0 Å². The maximum Gasteiger partial charge on any atom is 0.335 e. The van der Waals surface area contributed by atoms with Gasteiger partial charge in [-0.2, -0.15) is 5.10 Å². The van der Waals surface area contributed by atoms with E-state index < -0.39 is 5.97 Å². The average Bonchev–Trinajstić information content (AvgIpc) is 2.55. The third kappa shape index (κ3) is 3.76. The second-order valence-corrected chi connectivity index (χ2v) is 4.36. The van der Waals surface area contributed by atoms with E-state index in [4.69, 9.17) is 14.6 Å². The van der Waals surface area contributed by atoms with Crippen molar-refractivity contribution in [1.29, 1.82) is 0 Å². The first-order valence-electron chi connectivity index (χ1n) is 6.48. The third-order valence-corrected chi connectivity index (χ3v) is 2.97. The van der Waals surface area contributed by atoms with Gasteiger partial charge in [-0.05, 0) is 36.4 Å². The minimum atomic E-state index is -0.960. The number of ether oxygens (including phenoxy) is 2. The predicted molar refractivity (Wildman–Crippen MR) is 84.2 cm³/mol. The Morgan fingerprint density at radius 1 is 1.14 bits per heavy atom. The van der Waals surface area contributed by atoms with Crippen molar-refractivity contribution in [3.8, 4) is 11.5 Å². The summed E-state index contributed by atoms with van der Waals surface area (Å²) < 4.78 is 10.4. The zero-order valence-corrected chi connectivity index (χ0v) is 12.2. The summed E-state index contributed by atoms with van der Waals surface area (Å²) in [6.45, 7) is 0. The fourth-order valence-corrected chi connectivity index (χ4v) is 1.79. The number of hydrogen-bond acceptors (Lipinski definition) is 5. The van der Waals surface area contributed by atoms with Crippen LogP contribution in [-0.4, -0.2) is 31.5 Å². The topological polar surface area (TPSA) is 80.2 Å². The van der Waals surface area contributed by atoms with Gasteiger partial charge in [0.2, 0.25) is 0 Å². The summed E-state index contributed by atoms with van der Waals surface area (Å²) in [5.41, 5.74) is 4.54. The van der Waals surface area contributed by atoms with E-state index in [2.05, 4.69) is 10.5 Å². The SMILES string of the molecule is COc1ccc(/C=N/Nc2ccc(C(=O)O)cc2)c(OC)c1. The molecule has 0 amide bonds. The van der Waals surface area contributed by atoms with Crippen molar-refractivity contribution in [1.82, 2.24) is 0 Å². The molecule has 0 saturated heterocycles. The van der Waals surface area contributed by atoms with Crippen LogP contribution in [0.25, 0.3) is 0 Å². The molecule has 0 aliphatic rings. The molecule has 0 aliphatic carbocycles. The summed E-state index contributed by atoms with van der Waals surface area (Å²) >= 11 is 0. The number of anilines is 1. The number of carboxylic acid groups (broad SMARTS) is 1. The first-order chi connectivity index (χ1) is 10.6. The van der Waals surface area contributed by atoms with Gasteiger partial charge in [0.05, 0.1) is 31.7 Å². The Labute approximate surface area is 128 Å². The van der Waals surface area contributed by atoms with Crippen LogP contribution in [0.4, 0.5) is 5.69 Å².